The number of carboxylic acids is 1. The molecule has 57 heavy (non-hydrogen) atoms. The molecule has 0 spiro atoms. The van der Waals surface area contributed by atoms with E-state index in [0.717, 1.165) is 0 Å². The maximum absolute atomic E-state index is 15.7. The molecule has 0 saturated carbocycles. The van der Waals surface area contributed by atoms with Gasteiger partial charge in [0.2, 0.25) is 23.3 Å². The van der Waals surface area contributed by atoms with E-state index in [4.69, 9.17) is 0 Å². The van der Waals surface area contributed by atoms with Gasteiger partial charge in [0.15, 0.2) is 93.1 Å². The van der Waals surface area contributed by atoms with Crippen molar-refractivity contribution in [2.75, 3.05) is 0 Å². The number of rotatable bonds is 6. The van der Waals surface area contributed by atoms with Crippen LogP contribution in [0.15, 0.2) is 0 Å². The number of aromatic carboxylic acids is 1. The number of benzene rings is 5. The van der Waals surface area contributed by atoms with Crippen LogP contribution in [0.2, 0.25) is 0 Å². The molecule has 2 nitrogen and oxygen atoms in total. The average Bonchev–Trinajstić information content (AvgIpc) is 3.15. The molecule has 5 aromatic rings. The Morgan fingerprint density at radius 1 is 0.316 bits per heavy atom. The standard InChI is InChI=1S/C34H8F20O2.Na/c1-3(2)4-5(10-14(35)22(43)30(51)23(44)15(10)36)7(12-18(39)26(47)32(53)27(48)19(12)40)9(34(55)56)8(13-20(41)28(49)33(54)29(50)21(13)42)6(4)11-16(37)24(45)31(52)25(46)17(11)38;/h3H,1-2H3,(H,55,56);/q;+1/p-1. The van der Waals surface area contributed by atoms with Crippen LogP contribution in [0.1, 0.15) is 35.7 Å². The van der Waals surface area contributed by atoms with Crippen LogP contribution in [-0.4, -0.2) is 5.97 Å². The number of carbonyl (C=O) groups excluding carboxylic acids is 1. The van der Waals surface area contributed by atoms with Gasteiger partial charge in [-0.05, 0) is 11.5 Å². The maximum atomic E-state index is 15.7. The van der Waals surface area contributed by atoms with E-state index in [2.05, 4.69) is 0 Å². The number of carboxylic acid groups (broad SMARTS) is 1. The second kappa shape index (κ2) is 15.5. The average molecular weight is 850 g/mol. The Kier molecular flexibility index (Phi) is 12.2. The van der Waals surface area contributed by atoms with E-state index >= 15 is 35.1 Å². The molecular formula is C34H7F20NaO2. The molecule has 0 saturated heterocycles. The fourth-order valence-electron chi connectivity index (χ4n) is 5.87. The zero-order valence-electron chi connectivity index (χ0n) is 27.5. The van der Waals surface area contributed by atoms with Crippen molar-refractivity contribution in [2.45, 2.75) is 19.8 Å². The van der Waals surface area contributed by atoms with Crippen molar-refractivity contribution in [3.05, 3.63) is 127 Å². The fourth-order valence-corrected chi connectivity index (χ4v) is 5.87. The maximum Gasteiger partial charge on any atom is 1.00 e. The van der Waals surface area contributed by atoms with E-state index in [1.54, 1.807) is 0 Å². The van der Waals surface area contributed by atoms with Crippen LogP contribution in [0.5, 0.6) is 0 Å². The summed E-state index contributed by atoms with van der Waals surface area (Å²) in [5, 5.41) is 13.0. The number of carbonyl (C=O) groups is 1. The summed E-state index contributed by atoms with van der Waals surface area (Å²) >= 11 is 0. The molecule has 0 bridgehead atoms. The van der Waals surface area contributed by atoms with Crippen molar-refractivity contribution in [2.24, 2.45) is 0 Å². The third-order valence-corrected chi connectivity index (χ3v) is 8.16. The van der Waals surface area contributed by atoms with Gasteiger partial charge in [-0.25, -0.2) is 87.8 Å². The quantitative estimate of drug-likeness (QED) is 0.0764. The first kappa shape index (κ1) is 44.9. The van der Waals surface area contributed by atoms with Gasteiger partial charge in [0.25, 0.3) is 0 Å². The van der Waals surface area contributed by atoms with Crippen molar-refractivity contribution >= 4 is 5.97 Å². The summed E-state index contributed by atoms with van der Waals surface area (Å²) in [7, 11) is 0. The molecule has 5 rings (SSSR count). The molecule has 0 aliphatic heterocycles. The summed E-state index contributed by atoms with van der Waals surface area (Å²) in [6, 6.07) is 0. The van der Waals surface area contributed by atoms with Crippen molar-refractivity contribution in [3.63, 3.8) is 0 Å². The summed E-state index contributed by atoms with van der Waals surface area (Å²) in [6.45, 7) is 1.01. The van der Waals surface area contributed by atoms with Crippen molar-refractivity contribution < 1.29 is 127 Å². The Balaban J connectivity index is 0.00000720. The molecule has 296 valence electrons. The molecule has 5 aromatic carbocycles. The van der Waals surface area contributed by atoms with Gasteiger partial charge in [-0.15, -0.1) is 0 Å². The Morgan fingerprint density at radius 2 is 0.474 bits per heavy atom. The molecule has 0 fully saturated rings. The fraction of sp³-hybridized carbons (Fsp3) is 0.0882. The molecule has 0 atom stereocenters. The van der Waals surface area contributed by atoms with E-state index in [-0.39, 0.29) is 29.6 Å². The van der Waals surface area contributed by atoms with Crippen LogP contribution in [0.3, 0.4) is 0 Å². The minimum atomic E-state index is -3.49. The third-order valence-electron chi connectivity index (χ3n) is 8.16. The summed E-state index contributed by atoms with van der Waals surface area (Å²) in [5.41, 5.74) is -26.6. The van der Waals surface area contributed by atoms with E-state index in [0.29, 0.717) is 13.8 Å². The second-order valence-electron chi connectivity index (χ2n) is 11.5. The molecule has 0 amide bonds. The van der Waals surface area contributed by atoms with E-state index in [1.807, 2.05) is 0 Å². The Labute approximate surface area is 324 Å². The second-order valence-corrected chi connectivity index (χ2v) is 11.5. The van der Waals surface area contributed by atoms with Crippen LogP contribution >= 0.6 is 0 Å². The van der Waals surface area contributed by atoms with Crippen molar-refractivity contribution in [3.8, 4) is 44.5 Å². The van der Waals surface area contributed by atoms with Crippen molar-refractivity contribution in [1.82, 2.24) is 0 Å². The van der Waals surface area contributed by atoms with E-state index in [9.17, 15) is 62.6 Å². The Morgan fingerprint density at radius 3 is 0.632 bits per heavy atom. The van der Waals surface area contributed by atoms with Gasteiger partial charge in [-0.1, -0.05) is 13.8 Å². The van der Waals surface area contributed by atoms with Gasteiger partial charge in [0.05, 0.1) is 28.2 Å². The third kappa shape index (κ3) is 6.39. The largest absolute Gasteiger partial charge is 1.00 e. The first-order chi connectivity index (χ1) is 25.9. The topological polar surface area (TPSA) is 40.1 Å². The number of hydrogen-bond acceptors (Lipinski definition) is 2. The van der Waals surface area contributed by atoms with Gasteiger partial charge in [0, 0.05) is 27.8 Å². The minimum absolute atomic E-state index is 0. The van der Waals surface area contributed by atoms with E-state index in [1.165, 1.54) is 0 Å². The minimum Gasteiger partial charge on any atom is -0.545 e. The molecule has 0 aromatic heterocycles. The molecule has 0 aliphatic rings. The number of hydrogen-bond donors (Lipinski definition) is 0. The predicted molar refractivity (Wildman–Crippen MR) is 146 cm³/mol. The molecule has 0 unspecified atom stereocenters. The molecule has 0 aliphatic carbocycles. The van der Waals surface area contributed by atoms with Crippen LogP contribution in [-0.2, 0) is 0 Å². The summed E-state index contributed by atoms with van der Waals surface area (Å²) in [5.74, 6) is -69.5. The zero-order valence-corrected chi connectivity index (χ0v) is 29.5. The van der Waals surface area contributed by atoms with Gasteiger partial charge >= 0.3 is 29.6 Å². The van der Waals surface area contributed by atoms with Gasteiger partial charge < -0.3 is 9.90 Å². The van der Waals surface area contributed by atoms with Crippen molar-refractivity contribution in [1.29, 1.82) is 0 Å². The molecule has 0 radical (unpaired) electrons. The summed E-state index contributed by atoms with van der Waals surface area (Å²) < 4.78 is 300. The SMILES string of the molecule is CC(C)c1c(-c2c(F)c(F)c(F)c(F)c2F)c(-c2c(F)c(F)c(F)c(F)c2F)c(C(=O)[O-])c(-c2c(F)c(F)c(F)c(F)c2F)c1-c1c(F)c(F)c(F)c(F)c1F.[Na+]. The summed E-state index contributed by atoms with van der Waals surface area (Å²) in [6.07, 6.45) is 0. The van der Waals surface area contributed by atoms with E-state index < -0.39 is 184 Å². The van der Waals surface area contributed by atoms with Gasteiger partial charge in [-0.3, -0.25) is 0 Å². The molecular weight excluding hydrogens is 843 g/mol. The number of halogens is 20. The monoisotopic (exact) mass is 850 g/mol. The van der Waals surface area contributed by atoms with Crippen LogP contribution < -0.4 is 34.7 Å². The van der Waals surface area contributed by atoms with Crippen LogP contribution in [0.25, 0.3) is 44.5 Å². The smallest absolute Gasteiger partial charge is 0.545 e. The zero-order chi connectivity index (χ0) is 42.5. The van der Waals surface area contributed by atoms with Gasteiger partial charge in [-0.2, -0.15) is 0 Å². The van der Waals surface area contributed by atoms with Crippen LogP contribution in [0, 0.1) is 116 Å². The first-order valence-corrected chi connectivity index (χ1v) is 14.4. The summed E-state index contributed by atoms with van der Waals surface area (Å²) in [4.78, 5) is 13.0. The molecule has 0 heterocycles. The first-order valence-electron chi connectivity index (χ1n) is 14.4. The van der Waals surface area contributed by atoms with Crippen LogP contribution in [0.4, 0.5) is 87.8 Å². The predicted octanol–water partition coefficient (Wildman–Crippen LogP) is 7.63. The Hall–Kier alpha value is -4.83. The van der Waals surface area contributed by atoms with Gasteiger partial charge in [0.1, 0.15) is 0 Å². The normalized spacial score (nSPS) is 11.5. The molecule has 23 heteroatoms. The molecule has 0 N–H and O–H groups in total. The Bertz CT molecular complexity index is 2330.